The summed E-state index contributed by atoms with van der Waals surface area (Å²) in [6, 6.07) is 0. The first-order chi connectivity index (χ1) is 11.6. The Balaban J connectivity index is 0.00000625. The Bertz CT molecular complexity index is 527. The van der Waals surface area contributed by atoms with Crippen molar-refractivity contribution in [3.63, 3.8) is 0 Å². The minimum absolute atomic E-state index is 0. The number of rotatable bonds is 6. The Hall–Kier alpha value is -0.395. The second kappa shape index (κ2) is 12.1. The van der Waals surface area contributed by atoms with Crippen LogP contribution in [0.15, 0.2) is 0 Å². The van der Waals surface area contributed by atoms with E-state index in [9.17, 15) is 19.2 Å². The van der Waals surface area contributed by atoms with Crippen molar-refractivity contribution in [3.8, 4) is 0 Å². The zero-order valence-electron chi connectivity index (χ0n) is 15.7. The molecule has 5 atom stereocenters. The Morgan fingerprint density at radius 1 is 0.808 bits per heavy atom. The quantitative estimate of drug-likeness (QED) is 0.312. The van der Waals surface area contributed by atoms with E-state index in [1.165, 1.54) is 20.9 Å². The third kappa shape index (κ3) is 8.09. The number of carbonyl (C=O) groups excluding carboxylic acids is 4. The first-order valence-corrected chi connectivity index (χ1v) is 7.55. The van der Waals surface area contributed by atoms with E-state index in [0.717, 1.165) is 13.8 Å². The molecule has 0 aromatic rings. The van der Waals surface area contributed by atoms with Gasteiger partial charge in [-0.2, -0.15) is 7.05 Å². The van der Waals surface area contributed by atoms with Crippen molar-refractivity contribution in [2.75, 3.05) is 13.7 Å². The standard InChI is InChI=1S/C15H22NO9.Rb/c1-7(17)21-6-11-12(22-8(2)18)13(23-9(3)19)14(24-10(4)20)15(16-5)25-11;/h11-15H,6H2,1-5H3;/q-1;+1/t11-,12-,13+,14-,15-;/m1./s1. The van der Waals surface area contributed by atoms with Crippen molar-refractivity contribution >= 4 is 23.9 Å². The first-order valence-electron chi connectivity index (χ1n) is 7.55. The second-order valence-electron chi connectivity index (χ2n) is 5.35. The van der Waals surface area contributed by atoms with Gasteiger partial charge in [-0.3, -0.25) is 19.2 Å². The number of hydrogen-bond donors (Lipinski definition) is 0. The number of hydrogen-bond acceptors (Lipinski definition) is 9. The molecule has 1 aliphatic rings. The predicted octanol–water partition coefficient (Wildman–Crippen LogP) is -2.92. The average molecular weight is 446 g/mol. The fourth-order valence-electron chi connectivity index (χ4n) is 2.41. The zero-order valence-corrected chi connectivity index (χ0v) is 20.6. The van der Waals surface area contributed by atoms with Crippen molar-refractivity contribution in [1.82, 2.24) is 0 Å². The smallest absolute Gasteiger partial charge is 0.636 e. The summed E-state index contributed by atoms with van der Waals surface area (Å²) in [5.74, 6) is -2.57. The van der Waals surface area contributed by atoms with Crippen LogP contribution in [-0.2, 0) is 42.9 Å². The molecule has 142 valence electrons. The Morgan fingerprint density at radius 3 is 1.69 bits per heavy atom. The van der Waals surface area contributed by atoms with E-state index in [0.29, 0.717) is 0 Å². The maximum atomic E-state index is 11.5. The van der Waals surface area contributed by atoms with Crippen LogP contribution in [0.1, 0.15) is 27.7 Å². The molecule has 1 saturated heterocycles. The molecule has 0 saturated carbocycles. The van der Waals surface area contributed by atoms with Crippen LogP contribution in [0.25, 0.3) is 5.32 Å². The number of carbonyl (C=O) groups is 4. The van der Waals surface area contributed by atoms with E-state index in [-0.39, 0.29) is 64.8 Å². The summed E-state index contributed by atoms with van der Waals surface area (Å²) >= 11 is 0. The van der Waals surface area contributed by atoms with E-state index in [1.807, 2.05) is 0 Å². The Morgan fingerprint density at radius 2 is 1.27 bits per heavy atom. The molecule has 11 heteroatoms. The molecule has 1 fully saturated rings. The van der Waals surface area contributed by atoms with Gasteiger partial charge >= 0.3 is 82.1 Å². The molecule has 26 heavy (non-hydrogen) atoms. The monoisotopic (exact) mass is 445 g/mol. The third-order valence-electron chi connectivity index (χ3n) is 3.22. The van der Waals surface area contributed by atoms with Gasteiger partial charge in [0.05, 0.1) is 0 Å². The van der Waals surface area contributed by atoms with Crippen molar-refractivity contribution in [1.29, 1.82) is 0 Å². The minimum atomic E-state index is -1.17. The molecule has 1 rings (SSSR count). The van der Waals surface area contributed by atoms with Gasteiger partial charge in [-0.25, -0.2) is 0 Å². The molecular weight excluding hydrogens is 424 g/mol. The van der Waals surface area contributed by atoms with E-state index in [2.05, 4.69) is 5.32 Å². The van der Waals surface area contributed by atoms with Gasteiger partial charge < -0.3 is 29.0 Å². The van der Waals surface area contributed by atoms with Gasteiger partial charge in [-0.1, -0.05) is 0 Å². The van der Waals surface area contributed by atoms with Gasteiger partial charge in [0.1, 0.15) is 18.8 Å². The van der Waals surface area contributed by atoms with E-state index in [1.54, 1.807) is 0 Å². The van der Waals surface area contributed by atoms with Gasteiger partial charge in [0.15, 0.2) is 12.2 Å². The molecule has 10 nitrogen and oxygen atoms in total. The van der Waals surface area contributed by atoms with Crippen LogP contribution in [0.5, 0.6) is 0 Å². The minimum Gasteiger partial charge on any atom is -0.636 e. The van der Waals surface area contributed by atoms with Crippen molar-refractivity contribution < 1.29 is 101 Å². The molecule has 0 aliphatic carbocycles. The Kier molecular flexibility index (Phi) is 12.0. The number of likely N-dealkylation sites (N-methyl/N-ethyl adjacent to an activating group) is 1. The normalized spacial score (nSPS) is 27.5. The van der Waals surface area contributed by atoms with Gasteiger partial charge in [0.2, 0.25) is 0 Å². The SMILES string of the molecule is C[N-][C@@H]1O[C@H](COC(C)=O)[C@@H](OC(C)=O)[C@H](OC(C)=O)[C@H]1OC(C)=O.[Rb+]. The molecule has 0 spiro atoms. The molecule has 1 heterocycles. The van der Waals surface area contributed by atoms with Crippen LogP contribution in [0.4, 0.5) is 0 Å². The summed E-state index contributed by atoms with van der Waals surface area (Å²) in [7, 11) is 1.42. The molecule has 0 radical (unpaired) electrons. The van der Waals surface area contributed by atoms with Crippen LogP contribution in [0, 0.1) is 0 Å². The van der Waals surface area contributed by atoms with Crippen molar-refractivity contribution in [3.05, 3.63) is 5.32 Å². The number of nitrogens with zero attached hydrogens (tertiary/aromatic N) is 1. The average Bonchev–Trinajstić information content (AvgIpc) is 2.48. The molecule has 0 bridgehead atoms. The van der Waals surface area contributed by atoms with Gasteiger partial charge in [0, 0.05) is 33.9 Å². The molecular formula is C15H22NO9Rb. The summed E-state index contributed by atoms with van der Waals surface area (Å²) in [4.78, 5) is 45.4. The van der Waals surface area contributed by atoms with Gasteiger partial charge in [0.25, 0.3) is 0 Å². The largest absolute Gasteiger partial charge is 1.00 e. The van der Waals surface area contributed by atoms with E-state index >= 15 is 0 Å². The Labute approximate surface area is 200 Å². The number of ether oxygens (including phenoxy) is 5. The van der Waals surface area contributed by atoms with Gasteiger partial charge in [-0.05, 0) is 0 Å². The summed E-state index contributed by atoms with van der Waals surface area (Å²) in [5, 5.41) is 3.96. The number of esters is 4. The fraction of sp³-hybridized carbons (Fsp3) is 0.733. The molecule has 1 aliphatic heterocycles. The topological polar surface area (TPSA) is 129 Å². The van der Waals surface area contributed by atoms with Crippen molar-refractivity contribution in [2.45, 2.75) is 58.3 Å². The molecule has 0 N–H and O–H groups in total. The van der Waals surface area contributed by atoms with E-state index < -0.39 is 54.5 Å². The third-order valence-corrected chi connectivity index (χ3v) is 3.22. The van der Waals surface area contributed by atoms with Gasteiger partial charge in [-0.15, -0.1) is 0 Å². The molecule has 0 amide bonds. The second-order valence-corrected chi connectivity index (χ2v) is 5.35. The first kappa shape index (κ1) is 25.6. The molecule has 0 unspecified atom stereocenters. The van der Waals surface area contributed by atoms with E-state index in [4.69, 9.17) is 23.7 Å². The summed E-state index contributed by atoms with van der Waals surface area (Å²) in [5.41, 5.74) is 0. The predicted molar refractivity (Wildman–Crippen MR) is 81.2 cm³/mol. The molecule has 0 aromatic carbocycles. The van der Waals surface area contributed by atoms with Crippen LogP contribution >= 0.6 is 0 Å². The van der Waals surface area contributed by atoms with Crippen molar-refractivity contribution in [2.24, 2.45) is 0 Å². The summed E-state index contributed by atoms with van der Waals surface area (Å²) < 4.78 is 26.1. The molecule has 0 aromatic heterocycles. The maximum absolute atomic E-state index is 11.5. The van der Waals surface area contributed by atoms with Crippen LogP contribution < -0.4 is 58.2 Å². The summed E-state index contributed by atoms with van der Waals surface area (Å²) in [6.45, 7) is 4.43. The van der Waals surface area contributed by atoms with Crippen LogP contribution in [-0.4, -0.2) is 68.2 Å². The summed E-state index contributed by atoms with van der Waals surface area (Å²) in [6.07, 6.45) is -5.40. The van der Waals surface area contributed by atoms with Crippen LogP contribution in [0.2, 0.25) is 0 Å². The fourth-order valence-corrected chi connectivity index (χ4v) is 2.41. The zero-order chi connectivity index (χ0) is 19.1. The maximum Gasteiger partial charge on any atom is 1.00 e. The van der Waals surface area contributed by atoms with Crippen LogP contribution in [0.3, 0.4) is 0 Å².